The maximum Gasteiger partial charge on any atom is 0.282 e. The largest absolute Gasteiger partial charge is 0.497 e. The molecule has 21 heavy (non-hydrogen) atoms. The van der Waals surface area contributed by atoms with E-state index in [1.54, 1.807) is 14.2 Å². The van der Waals surface area contributed by atoms with Crippen LogP contribution in [0.2, 0.25) is 0 Å². The Labute approximate surface area is 126 Å². The SMILES string of the molecule is COc1cccc(CN(C)S(=O)(=O)N2CCC(CN)C2)c1. The molecule has 6 nitrogen and oxygen atoms in total. The molecular formula is C14H23N3O3S. The van der Waals surface area contributed by atoms with Crippen LogP contribution in [-0.4, -0.2) is 50.8 Å². The second-order valence-corrected chi connectivity index (χ2v) is 7.40. The van der Waals surface area contributed by atoms with Crippen LogP contribution in [0.1, 0.15) is 12.0 Å². The third-order valence-corrected chi connectivity index (χ3v) is 5.74. The minimum atomic E-state index is -3.43. The van der Waals surface area contributed by atoms with E-state index in [0.29, 0.717) is 26.2 Å². The maximum atomic E-state index is 12.5. The van der Waals surface area contributed by atoms with Gasteiger partial charge < -0.3 is 10.5 Å². The second-order valence-electron chi connectivity index (χ2n) is 5.36. The second kappa shape index (κ2) is 6.74. The van der Waals surface area contributed by atoms with Crippen molar-refractivity contribution < 1.29 is 13.2 Å². The minimum absolute atomic E-state index is 0.269. The van der Waals surface area contributed by atoms with Crippen LogP contribution in [0.4, 0.5) is 0 Å². The standard InChI is InChI=1S/C14H23N3O3S/c1-16(10-12-4-3-5-14(8-12)20-2)21(18,19)17-7-6-13(9-15)11-17/h3-5,8,13H,6-7,9-11,15H2,1-2H3. The van der Waals surface area contributed by atoms with E-state index >= 15 is 0 Å². The summed E-state index contributed by atoms with van der Waals surface area (Å²) in [6.07, 6.45) is 0.836. The average molecular weight is 313 g/mol. The van der Waals surface area contributed by atoms with E-state index in [1.807, 2.05) is 24.3 Å². The molecule has 1 unspecified atom stereocenters. The van der Waals surface area contributed by atoms with Crippen molar-refractivity contribution in [3.05, 3.63) is 29.8 Å². The quantitative estimate of drug-likeness (QED) is 0.837. The van der Waals surface area contributed by atoms with Crippen LogP contribution in [0.25, 0.3) is 0 Å². The summed E-state index contributed by atoms with van der Waals surface area (Å²) in [5.74, 6) is 0.993. The summed E-state index contributed by atoms with van der Waals surface area (Å²) in [5, 5.41) is 0. The topological polar surface area (TPSA) is 75.9 Å². The van der Waals surface area contributed by atoms with E-state index in [4.69, 9.17) is 10.5 Å². The van der Waals surface area contributed by atoms with Crippen LogP contribution in [0.15, 0.2) is 24.3 Å². The molecule has 0 radical (unpaired) electrons. The Balaban J connectivity index is 2.06. The summed E-state index contributed by atoms with van der Waals surface area (Å²) in [7, 11) is -0.233. The molecule has 1 aliphatic heterocycles. The first kappa shape index (κ1) is 16.2. The molecule has 1 atom stereocenters. The van der Waals surface area contributed by atoms with Crippen molar-refractivity contribution in [2.75, 3.05) is 33.8 Å². The van der Waals surface area contributed by atoms with E-state index in [9.17, 15) is 8.42 Å². The van der Waals surface area contributed by atoms with Gasteiger partial charge in [0.15, 0.2) is 0 Å². The molecule has 0 aromatic heterocycles. The van der Waals surface area contributed by atoms with Crippen LogP contribution in [0.3, 0.4) is 0 Å². The van der Waals surface area contributed by atoms with E-state index < -0.39 is 10.2 Å². The van der Waals surface area contributed by atoms with Crippen LogP contribution < -0.4 is 10.5 Å². The Morgan fingerprint density at radius 2 is 2.24 bits per heavy atom. The van der Waals surface area contributed by atoms with Crippen molar-refractivity contribution >= 4 is 10.2 Å². The molecule has 0 spiro atoms. The van der Waals surface area contributed by atoms with Gasteiger partial charge in [-0.05, 0) is 36.6 Å². The maximum absolute atomic E-state index is 12.5. The fourth-order valence-electron chi connectivity index (χ4n) is 2.51. The van der Waals surface area contributed by atoms with Crippen LogP contribution in [0.5, 0.6) is 5.75 Å². The Hall–Kier alpha value is -1.15. The fraction of sp³-hybridized carbons (Fsp3) is 0.571. The van der Waals surface area contributed by atoms with Crippen molar-refractivity contribution in [3.8, 4) is 5.75 Å². The van der Waals surface area contributed by atoms with Gasteiger partial charge in [-0.25, -0.2) is 0 Å². The Bertz CT molecular complexity index is 577. The van der Waals surface area contributed by atoms with E-state index in [0.717, 1.165) is 17.7 Å². The third-order valence-electron chi connectivity index (χ3n) is 3.84. The Morgan fingerprint density at radius 3 is 2.86 bits per heavy atom. The zero-order chi connectivity index (χ0) is 15.5. The van der Waals surface area contributed by atoms with Gasteiger partial charge in [-0.1, -0.05) is 12.1 Å². The highest BCUT2D eigenvalue weighted by Crippen LogP contribution is 2.22. The lowest BCUT2D eigenvalue weighted by Crippen LogP contribution is -2.40. The van der Waals surface area contributed by atoms with Crippen LogP contribution in [0, 0.1) is 5.92 Å². The first-order valence-corrected chi connectivity index (χ1v) is 8.41. The smallest absolute Gasteiger partial charge is 0.282 e. The molecule has 0 saturated carbocycles. The number of nitrogens with two attached hydrogens (primary N) is 1. The van der Waals surface area contributed by atoms with Crippen molar-refractivity contribution in [2.24, 2.45) is 11.7 Å². The molecule has 0 bridgehead atoms. The third kappa shape index (κ3) is 3.74. The zero-order valence-electron chi connectivity index (χ0n) is 12.5. The van der Waals surface area contributed by atoms with Gasteiger partial charge in [0, 0.05) is 26.7 Å². The molecule has 1 aromatic rings. The van der Waals surface area contributed by atoms with Gasteiger partial charge in [0.2, 0.25) is 0 Å². The molecule has 0 amide bonds. The first-order valence-electron chi connectivity index (χ1n) is 7.01. The highest BCUT2D eigenvalue weighted by Gasteiger charge is 2.33. The molecule has 2 N–H and O–H groups in total. The number of hydrogen-bond donors (Lipinski definition) is 1. The lowest BCUT2D eigenvalue weighted by atomic mass is 10.1. The number of rotatable bonds is 6. The summed E-state index contributed by atoms with van der Waals surface area (Å²) in [6, 6.07) is 7.43. The molecular weight excluding hydrogens is 290 g/mol. The number of hydrogen-bond acceptors (Lipinski definition) is 4. The predicted octanol–water partition coefficient (Wildman–Crippen LogP) is 0.652. The highest BCUT2D eigenvalue weighted by molar-refractivity contribution is 7.86. The van der Waals surface area contributed by atoms with Gasteiger partial charge in [0.25, 0.3) is 10.2 Å². The van der Waals surface area contributed by atoms with Gasteiger partial charge in [0.1, 0.15) is 5.75 Å². The van der Waals surface area contributed by atoms with E-state index in [1.165, 1.54) is 8.61 Å². The number of ether oxygens (including phenoxy) is 1. The summed E-state index contributed by atoms with van der Waals surface area (Å²) in [4.78, 5) is 0. The molecule has 0 aliphatic carbocycles. The van der Waals surface area contributed by atoms with Crippen molar-refractivity contribution in [1.29, 1.82) is 0 Å². The molecule has 118 valence electrons. The molecule has 2 rings (SSSR count). The predicted molar refractivity (Wildman–Crippen MR) is 82.1 cm³/mol. The van der Waals surface area contributed by atoms with Gasteiger partial charge in [-0.15, -0.1) is 0 Å². The van der Waals surface area contributed by atoms with E-state index in [-0.39, 0.29) is 5.92 Å². The molecule has 1 saturated heterocycles. The van der Waals surface area contributed by atoms with Crippen LogP contribution >= 0.6 is 0 Å². The Kier molecular flexibility index (Phi) is 5.21. The molecule has 1 fully saturated rings. The lowest BCUT2D eigenvalue weighted by Gasteiger charge is -2.24. The van der Waals surface area contributed by atoms with Gasteiger partial charge >= 0.3 is 0 Å². The van der Waals surface area contributed by atoms with Crippen molar-refractivity contribution in [1.82, 2.24) is 8.61 Å². The molecule has 1 aromatic carbocycles. The highest BCUT2D eigenvalue weighted by atomic mass is 32.2. The first-order chi connectivity index (χ1) is 9.97. The zero-order valence-corrected chi connectivity index (χ0v) is 13.3. The Morgan fingerprint density at radius 1 is 1.48 bits per heavy atom. The number of nitrogens with zero attached hydrogens (tertiary/aromatic N) is 2. The number of methoxy groups -OCH3 is 1. The molecule has 1 aliphatic rings. The molecule has 7 heteroatoms. The summed E-state index contributed by atoms with van der Waals surface area (Å²) >= 11 is 0. The lowest BCUT2D eigenvalue weighted by molar-refractivity contribution is 0.383. The monoisotopic (exact) mass is 313 g/mol. The van der Waals surface area contributed by atoms with Crippen LogP contribution in [-0.2, 0) is 16.8 Å². The van der Waals surface area contributed by atoms with Gasteiger partial charge in [-0.2, -0.15) is 17.0 Å². The van der Waals surface area contributed by atoms with Gasteiger partial charge in [-0.3, -0.25) is 0 Å². The summed E-state index contributed by atoms with van der Waals surface area (Å²) < 4.78 is 33.1. The van der Waals surface area contributed by atoms with Gasteiger partial charge in [0.05, 0.1) is 7.11 Å². The fourth-order valence-corrected chi connectivity index (χ4v) is 3.95. The van der Waals surface area contributed by atoms with Crippen molar-refractivity contribution in [3.63, 3.8) is 0 Å². The minimum Gasteiger partial charge on any atom is -0.497 e. The normalized spacial score (nSPS) is 20.1. The number of benzene rings is 1. The summed E-state index contributed by atoms with van der Waals surface area (Å²) in [6.45, 7) is 1.92. The van der Waals surface area contributed by atoms with Crippen molar-refractivity contribution in [2.45, 2.75) is 13.0 Å². The average Bonchev–Trinajstić information content (AvgIpc) is 2.97. The summed E-state index contributed by atoms with van der Waals surface area (Å²) in [5.41, 5.74) is 6.52. The molecule has 1 heterocycles. The van der Waals surface area contributed by atoms with E-state index in [2.05, 4.69) is 0 Å².